The number of rotatable bonds is 8. The number of methoxy groups -OCH3 is 1. The molecule has 0 radical (unpaired) electrons. The highest BCUT2D eigenvalue weighted by atomic mass is 32.2. The number of imidazole rings is 1. The minimum Gasteiger partial charge on any atom is -0.496 e. The van der Waals surface area contributed by atoms with Crippen molar-refractivity contribution in [3.05, 3.63) is 51.4 Å². The molecule has 168 valence electrons. The van der Waals surface area contributed by atoms with Crippen molar-refractivity contribution in [2.24, 2.45) is 14.1 Å². The Bertz CT molecular complexity index is 1380. The van der Waals surface area contributed by atoms with Gasteiger partial charge in [0.1, 0.15) is 5.75 Å². The molecule has 4 aromatic rings. The Labute approximate surface area is 188 Å². The SMILES string of the molecule is CCn1c(SCCCn2c(=O)c3c(ncn3C)n(C)c2=O)nnc1-c1ccccc1OC. The molecule has 0 aliphatic rings. The van der Waals surface area contributed by atoms with E-state index in [2.05, 4.69) is 15.2 Å². The average Bonchev–Trinajstić information content (AvgIpc) is 3.40. The number of para-hydroxylation sites is 1. The molecule has 1 aromatic carbocycles. The van der Waals surface area contributed by atoms with Crippen LogP contribution >= 0.6 is 11.8 Å². The third kappa shape index (κ3) is 3.72. The Morgan fingerprint density at radius 1 is 1.09 bits per heavy atom. The summed E-state index contributed by atoms with van der Waals surface area (Å²) in [5.41, 5.74) is 1.03. The molecule has 0 atom stereocenters. The van der Waals surface area contributed by atoms with Crippen LogP contribution in [0, 0.1) is 0 Å². The topological polar surface area (TPSA) is 102 Å². The third-order valence-corrected chi connectivity index (χ3v) is 6.39. The lowest BCUT2D eigenvalue weighted by molar-refractivity contribution is 0.416. The quantitative estimate of drug-likeness (QED) is 0.295. The molecule has 0 spiro atoms. The van der Waals surface area contributed by atoms with Gasteiger partial charge in [-0.2, -0.15) is 0 Å². The van der Waals surface area contributed by atoms with Gasteiger partial charge in [0.2, 0.25) is 0 Å². The molecule has 32 heavy (non-hydrogen) atoms. The number of thioether (sulfide) groups is 1. The molecule has 10 nitrogen and oxygen atoms in total. The van der Waals surface area contributed by atoms with Gasteiger partial charge in [-0.25, -0.2) is 9.78 Å². The van der Waals surface area contributed by atoms with Crippen molar-refractivity contribution in [1.29, 1.82) is 0 Å². The maximum Gasteiger partial charge on any atom is 0.332 e. The molecule has 11 heteroatoms. The van der Waals surface area contributed by atoms with Crippen molar-refractivity contribution in [1.82, 2.24) is 33.4 Å². The summed E-state index contributed by atoms with van der Waals surface area (Å²) in [5, 5.41) is 9.51. The van der Waals surface area contributed by atoms with Gasteiger partial charge in [-0.15, -0.1) is 10.2 Å². The molecule has 0 bridgehead atoms. The summed E-state index contributed by atoms with van der Waals surface area (Å²) >= 11 is 1.55. The minimum absolute atomic E-state index is 0.316. The van der Waals surface area contributed by atoms with E-state index in [9.17, 15) is 9.59 Å². The number of fused-ring (bicyclic) bond motifs is 1. The lowest BCUT2D eigenvalue weighted by Gasteiger charge is -2.11. The van der Waals surface area contributed by atoms with E-state index in [1.54, 1.807) is 43.9 Å². The summed E-state index contributed by atoms with van der Waals surface area (Å²) in [6.07, 6.45) is 2.17. The highest BCUT2D eigenvalue weighted by Gasteiger charge is 2.17. The van der Waals surface area contributed by atoms with Crippen LogP contribution in [0.25, 0.3) is 22.6 Å². The summed E-state index contributed by atoms with van der Waals surface area (Å²) in [4.78, 5) is 29.6. The molecule has 0 saturated heterocycles. The number of benzene rings is 1. The fourth-order valence-corrected chi connectivity index (χ4v) is 4.61. The average molecular weight is 456 g/mol. The second-order valence-corrected chi connectivity index (χ2v) is 8.34. The Hall–Kier alpha value is -3.34. The molecule has 0 amide bonds. The Kier molecular flexibility index (Phi) is 6.17. The van der Waals surface area contributed by atoms with Gasteiger partial charge in [0.25, 0.3) is 5.56 Å². The molecule has 4 rings (SSSR count). The summed E-state index contributed by atoms with van der Waals surface area (Å²) < 4.78 is 11.8. The molecule has 0 N–H and O–H groups in total. The van der Waals surface area contributed by atoms with Crippen molar-refractivity contribution in [3.63, 3.8) is 0 Å². The monoisotopic (exact) mass is 455 g/mol. The van der Waals surface area contributed by atoms with Crippen molar-refractivity contribution in [2.45, 2.75) is 31.6 Å². The zero-order valence-corrected chi connectivity index (χ0v) is 19.3. The molecule has 0 unspecified atom stereocenters. The predicted molar refractivity (Wildman–Crippen MR) is 123 cm³/mol. The van der Waals surface area contributed by atoms with Crippen molar-refractivity contribution < 1.29 is 4.74 Å². The normalized spacial score (nSPS) is 11.4. The van der Waals surface area contributed by atoms with Gasteiger partial charge < -0.3 is 13.9 Å². The van der Waals surface area contributed by atoms with E-state index < -0.39 is 0 Å². The smallest absolute Gasteiger partial charge is 0.332 e. The Balaban J connectivity index is 1.51. The number of aryl methyl sites for hydroxylation is 2. The number of aromatic nitrogens is 7. The van der Waals surface area contributed by atoms with Gasteiger partial charge in [-0.3, -0.25) is 13.9 Å². The molecule has 0 aliphatic carbocycles. The van der Waals surface area contributed by atoms with Gasteiger partial charge in [0.15, 0.2) is 22.1 Å². The highest BCUT2D eigenvalue weighted by molar-refractivity contribution is 7.99. The van der Waals surface area contributed by atoms with Gasteiger partial charge in [0.05, 0.1) is 19.0 Å². The molecule has 0 aliphatic heterocycles. The first-order valence-corrected chi connectivity index (χ1v) is 11.3. The highest BCUT2D eigenvalue weighted by Crippen LogP contribution is 2.30. The second kappa shape index (κ2) is 9.03. The fraction of sp³-hybridized carbons (Fsp3) is 0.381. The lowest BCUT2D eigenvalue weighted by Crippen LogP contribution is -2.39. The first-order valence-electron chi connectivity index (χ1n) is 10.3. The van der Waals surface area contributed by atoms with E-state index in [1.165, 1.54) is 9.13 Å². The summed E-state index contributed by atoms with van der Waals surface area (Å²) in [6, 6.07) is 7.71. The molecule has 3 heterocycles. The Morgan fingerprint density at radius 2 is 1.88 bits per heavy atom. The van der Waals surface area contributed by atoms with Crippen molar-refractivity contribution in [3.8, 4) is 17.1 Å². The van der Waals surface area contributed by atoms with Gasteiger partial charge in [-0.05, 0) is 25.5 Å². The first-order chi connectivity index (χ1) is 15.5. The second-order valence-electron chi connectivity index (χ2n) is 7.28. The van der Waals surface area contributed by atoms with E-state index in [-0.39, 0.29) is 11.2 Å². The number of hydrogen-bond donors (Lipinski definition) is 0. The van der Waals surface area contributed by atoms with E-state index >= 15 is 0 Å². The predicted octanol–water partition coefficient (Wildman–Crippen LogP) is 1.90. The summed E-state index contributed by atoms with van der Waals surface area (Å²) in [5.74, 6) is 2.18. The van der Waals surface area contributed by atoms with Crippen LogP contribution in [-0.2, 0) is 27.2 Å². The van der Waals surface area contributed by atoms with Crippen molar-refractivity contribution in [2.75, 3.05) is 12.9 Å². The maximum atomic E-state index is 12.8. The van der Waals surface area contributed by atoms with Crippen LogP contribution in [0.3, 0.4) is 0 Å². The third-order valence-electron chi connectivity index (χ3n) is 5.34. The zero-order chi connectivity index (χ0) is 22.8. The largest absolute Gasteiger partial charge is 0.496 e. The van der Waals surface area contributed by atoms with E-state index in [0.717, 1.165) is 22.3 Å². The van der Waals surface area contributed by atoms with Crippen LogP contribution in [0.4, 0.5) is 0 Å². The molecule has 0 fully saturated rings. The van der Waals surface area contributed by atoms with Crippen LogP contribution in [-0.4, -0.2) is 46.3 Å². The first kappa shape index (κ1) is 21.9. The number of nitrogens with zero attached hydrogens (tertiary/aromatic N) is 7. The van der Waals surface area contributed by atoms with E-state index in [1.807, 2.05) is 35.8 Å². The molecular formula is C21H25N7O3S. The number of ether oxygens (including phenoxy) is 1. The minimum atomic E-state index is -0.360. The van der Waals surface area contributed by atoms with Crippen LogP contribution in [0.2, 0.25) is 0 Å². The maximum absolute atomic E-state index is 12.8. The Morgan fingerprint density at radius 3 is 2.62 bits per heavy atom. The summed E-state index contributed by atoms with van der Waals surface area (Å²) in [7, 11) is 5.01. The van der Waals surface area contributed by atoms with Crippen LogP contribution in [0.5, 0.6) is 5.75 Å². The lowest BCUT2D eigenvalue weighted by atomic mass is 10.2. The van der Waals surface area contributed by atoms with Crippen LogP contribution in [0.15, 0.2) is 45.3 Å². The fourth-order valence-electron chi connectivity index (χ4n) is 3.69. The van der Waals surface area contributed by atoms with Gasteiger partial charge in [0, 0.05) is 32.9 Å². The van der Waals surface area contributed by atoms with Gasteiger partial charge >= 0.3 is 5.69 Å². The van der Waals surface area contributed by atoms with Crippen LogP contribution < -0.4 is 16.0 Å². The molecule has 0 saturated carbocycles. The van der Waals surface area contributed by atoms with E-state index in [4.69, 9.17) is 4.74 Å². The van der Waals surface area contributed by atoms with Crippen molar-refractivity contribution >= 4 is 22.9 Å². The number of hydrogen-bond acceptors (Lipinski definition) is 7. The summed E-state index contributed by atoms with van der Waals surface area (Å²) in [6.45, 7) is 3.07. The van der Waals surface area contributed by atoms with Crippen LogP contribution in [0.1, 0.15) is 13.3 Å². The molecular weight excluding hydrogens is 430 g/mol. The zero-order valence-electron chi connectivity index (χ0n) is 18.5. The van der Waals surface area contributed by atoms with E-state index in [0.29, 0.717) is 36.4 Å². The standard InChI is InChI=1S/C21H25N7O3S/c1-5-27-17(14-9-6-7-10-15(14)31-4)23-24-20(27)32-12-8-11-28-19(29)16-18(22-13-25(16)2)26(3)21(28)30/h6-7,9-10,13H,5,8,11-12H2,1-4H3. The molecule has 3 aromatic heterocycles. The van der Waals surface area contributed by atoms with Gasteiger partial charge in [-0.1, -0.05) is 23.9 Å².